The van der Waals surface area contributed by atoms with Gasteiger partial charge in [-0.05, 0) is 12.1 Å². The second-order valence-corrected chi connectivity index (χ2v) is 2.53. The number of carboxylic acids is 1. The van der Waals surface area contributed by atoms with Crippen molar-refractivity contribution in [3.63, 3.8) is 0 Å². The normalized spacial score (nSPS) is 8.00. The summed E-state index contributed by atoms with van der Waals surface area (Å²) < 4.78 is 78.0. The zero-order valence-electron chi connectivity index (χ0n) is 12.5. The summed E-state index contributed by atoms with van der Waals surface area (Å²) in [5, 5.41) is 8.36. The van der Waals surface area contributed by atoms with Gasteiger partial charge in [-0.3, -0.25) is 4.98 Å². The van der Waals surface area contributed by atoms with Crippen molar-refractivity contribution in [1.82, 2.24) is 29.6 Å². The van der Waals surface area contributed by atoms with E-state index in [1.54, 1.807) is 0 Å². The van der Waals surface area contributed by atoms with E-state index in [4.69, 9.17) is 5.11 Å². The molecule has 156 valence electrons. The standard InChI is InChI=1S/C6H5NO2.2BF4.4H3N.Ru.H2S/c8-6(9)5-1-3-7-4-2-5;2*2-1(3,4)5;;;;;;/h1-4H,(H,8,9);;;4*1H3;;1H2/q;2*-1;;;;;+2;. The molecule has 0 unspecified atom stereocenters. The summed E-state index contributed by atoms with van der Waals surface area (Å²) >= 11 is 0. The van der Waals surface area contributed by atoms with Crippen molar-refractivity contribution in [1.29, 1.82) is 0 Å². The Hall–Kier alpha value is -0.997. The number of hydrogen-bond donors (Lipinski definition) is 5. The Morgan fingerprint density at radius 1 is 0.800 bits per heavy atom. The maximum Gasteiger partial charge on any atom is 2.00 e. The van der Waals surface area contributed by atoms with Gasteiger partial charge < -0.3 is 64.2 Å². The summed E-state index contributed by atoms with van der Waals surface area (Å²) in [6.07, 6.45) is 2.90. The molecule has 1 aromatic rings. The summed E-state index contributed by atoms with van der Waals surface area (Å²) in [5.74, 6) is -0.919. The van der Waals surface area contributed by atoms with Crippen LogP contribution in [0.15, 0.2) is 24.5 Å². The fraction of sp³-hybridized carbons (Fsp3) is 0. The Balaban J connectivity index is -0.0000000273. The van der Waals surface area contributed by atoms with Crippen LogP contribution in [0.3, 0.4) is 0 Å². The Labute approximate surface area is 158 Å². The quantitative estimate of drug-likeness (QED) is 0.283. The van der Waals surface area contributed by atoms with E-state index in [0.29, 0.717) is 0 Å². The van der Waals surface area contributed by atoms with Gasteiger partial charge in [-0.2, -0.15) is 13.5 Å². The maximum atomic E-state index is 10.2. The van der Waals surface area contributed by atoms with E-state index in [-0.39, 0.29) is 63.1 Å². The number of hydrogen-bond acceptors (Lipinski definition) is 6. The molecule has 0 saturated carbocycles. The van der Waals surface area contributed by atoms with Gasteiger partial charge in [-0.1, -0.05) is 0 Å². The van der Waals surface area contributed by atoms with Crippen LogP contribution in [0, 0.1) is 0 Å². The first-order valence-electron chi connectivity index (χ1n) is 4.18. The van der Waals surface area contributed by atoms with Crippen molar-refractivity contribution in [2.75, 3.05) is 0 Å². The number of nitrogens with zero attached hydrogens (tertiary/aromatic N) is 1. The van der Waals surface area contributed by atoms with Crippen molar-refractivity contribution in [2.24, 2.45) is 0 Å². The van der Waals surface area contributed by atoms with Crippen LogP contribution in [-0.2, 0) is 19.5 Å². The summed E-state index contributed by atoms with van der Waals surface area (Å²) in [6, 6.07) is 2.89. The van der Waals surface area contributed by atoms with Gasteiger partial charge in [0.05, 0.1) is 5.56 Å². The summed E-state index contributed by atoms with van der Waals surface area (Å²) in [7, 11) is -12.0. The van der Waals surface area contributed by atoms with Gasteiger partial charge in [0.2, 0.25) is 0 Å². The molecule has 0 atom stereocenters. The van der Waals surface area contributed by atoms with Crippen LogP contribution in [0.25, 0.3) is 0 Å². The first-order valence-corrected chi connectivity index (χ1v) is 4.18. The van der Waals surface area contributed by atoms with Gasteiger partial charge >= 0.3 is 40.0 Å². The van der Waals surface area contributed by atoms with Gasteiger partial charge in [0.15, 0.2) is 0 Å². The molecule has 7 nitrogen and oxygen atoms in total. The van der Waals surface area contributed by atoms with Gasteiger partial charge in [0.1, 0.15) is 0 Å². The molecule has 25 heavy (non-hydrogen) atoms. The molecule has 0 aliphatic carbocycles. The van der Waals surface area contributed by atoms with Crippen molar-refractivity contribution in [2.45, 2.75) is 0 Å². The third-order valence-corrected chi connectivity index (χ3v) is 0.927. The van der Waals surface area contributed by atoms with Crippen LogP contribution in [0.1, 0.15) is 10.4 Å². The SMILES string of the molecule is F[B-](F)(F)F.F[B-](F)(F)F.N.N.N.N.O=C(O)c1ccncc1.S.[Ru+2]. The smallest absolute Gasteiger partial charge is 0.478 e. The molecule has 0 saturated heterocycles. The number of carbonyl (C=O) groups is 1. The second-order valence-electron chi connectivity index (χ2n) is 2.53. The molecule has 0 aliphatic heterocycles. The third kappa shape index (κ3) is 83.8. The minimum absolute atomic E-state index is 0. The topological polar surface area (TPSA) is 190 Å². The van der Waals surface area contributed by atoms with Crippen molar-refractivity contribution in [3.8, 4) is 0 Å². The minimum atomic E-state index is -6.00. The Morgan fingerprint density at radius 3 is 1.12 bits per heavy atom. The van der Waals surface area contributed by atoms with Gasteiger partial charge in [-0.25, -0.2) is 4.79 Å². The molecule has 0 aliphatic rings. The number of aromatic carboxylic acids is 1. The third-order valence-electron chi connectivity index (χ3n) is 0.927. The van der Waals surface area contributed by atoms with E-state index < -0.39 is 20.5 Å². The molecular weight excluding hydrogens is 481 g/mol. The number of pyridine rings is 1. The van der Waals surface area contributed by atoms with Crippen LogP contribution < -0.4 is 24.6 Å². The zero-order valence-corrected chi connectivity index (χ0v) is 15.2. The summed E-state index contributed by atoms with van der Waals surface area (Å²) in [6.45, 7) is 0. The Kier molecular flexibility index (Phi) is 45.6. The maximum absolute atomic E-state index is 10.2. The summed E-state index contributed by atoms with van der Waals surface area (Å²) in [4.78, 5) is 13.8. The molecule has 0 aromatic carbocycles. The zero-order chi connectivity index (χ0) is 15.7. The van der Waals surface area contributed by atoms with Gasteiger partial charge in [0, 0.05) is 12.4 Å². The van der Waals surface area contributed by atoms with E-state index in [9.17, 15) is 39.3 Å². The molecule has 0 radical (unpaired) electrons. The van der Waals surface area contributed by atoms with Crippen LogP contribution in [0.5, 0.6) is 0 Å². The van der Waals surface area contributed by atoms with Gasteiger partial charge in [-0.15, -0.1) is 0 Å². The molecular formula is C6H19B2F8N5O2RuS. The minimum Gasteiger partial charge on any atom is -0.478 e. The summed E-state index contributed by atoms with van der Waals surface area (Å²) in [5.41, 5.74) is 0.269. The van der Waals surface area contributed by atoms with Crippen molar-refractivity contribution >= 4 is 34.0 Å². The number of aromatic nitrogens is 1. The molecule has 1 rings (SSSR count). The fourth-order valence-electron chi connectivity index (χ4n) is 0.494. The van der Waals surface area contributed by atoms with Crippen LogP contribution in [0.2, 0.25) is 0 Å². The molecule has 19 heteroatoms. The average Bonchev–Trinajstić information content (AvgIpc) is 2.13. The van der Waals surface area contributed by atoms with E-state index in [1.807, 2.05) is 0 Å². The predicted octanol–water partition coefficient (Wildman–Crippen LogP) is 4.14. The number of rotatable bonds is 1. The monoisotopic (exact) mass is 501 g/mol. The van der Waals surface area contributed by atoms with E-state index in [0.717, 1.165) is 0 Å². The van der Waals surface area contributed by atoms with Crippen molar-refractivity contribution < 1.29 is 63.9 Å². The molecule has 0 spiro atoms. The number of halogens is 8. The van der Waals surface area contributed by atoms with Crippen LogP contribution in [-0.4, -0.2) is 30.6 Å². The van der Waals surface area contributed by atoms with Crippen LogP contribution >= 0.6 is 13.5 Å². The molecule has 0 amide bonds. The molecule has 13 N–H and O–H groups in total. The fourth-order valence-corrected chi connectivity index (χ4v) is 0.494. The predicted molar refractivity (Wildman–Crippen MR) is 82.0 cm³/mol. The first-order chi connectivity index (χ1) is 8.30. The molecule has 0 fully saturated rings. The molecule has 0 bridgehead atoms. The first kappa shape index (κ1) is 49.6. The second kappa shape index (κ2) is 23.0. The largest absolute Gasteiger partial charge is 2.00 e. The van der Waals surface area contributed by atoms with Gasteiger partial charge in [0.25, 0.3) is 0 Å². The average molecular weight is 500 g/mol. The Bertz CT molecular complexity index is 368. The van der Waals surface area contributed by atoms with E-state index >= 15 is 0 Å². The van der Waals surface area contributed by atoms with E-state index in [1.165, 1.54) is 24.5 Å². The van der Waals surface area contributed by atoms with E-state index in [2.05, 4.69) is 4.98 Å². The molecule has 1 aromatic heterocycles. The Morgan fingerprint density at radius 2 is 1.00 bits per heavy atom. The molecule has 1 heterocycles. The van der Waals surface area contributed by atoms with Crippen molar-refractivity contribution in [3.05, 3.63) is 30.1 Å². The number of carboxylic acid groups (broad SMARTS) is 1. The van der Waals surface area contributed by atoms with Crippen LogP contribution in [0.4, 0.5) is 34.5 Å².